The van der Waals surface area contributed by atoms with Crippen molar-refractivity contribution in [2.45, 2.75) is 134 Å². The van der Waals surface area contributed by atoms with Gasteiger partial charge in [-0.15, -0.1) is 0 Å². The van der Waals surface area contributed by atoms with Crippen molar-refractivity contribution < 1.29 is 63.3 Å². The molecule has 0 spiro atoms. The molecule has 0 aliphatic heterocycles. The standard InChI is InChI=1S/C36H50F9NO5/c1-6-7-17-46(30(47)51-31(2,3)4)18-21-48-24-10-12-25-23(22-24)9-11-27-26(25)15-16-32(5)28(27)13-14-29(32)49-19-8-20-50-33(34(37,38)39,35(40,41)42)36(43,44)45/h10,12,22,26-29H,6-9,11,13-21H2,1-5H3/t26-,27-,28+,29+,32+/m1/s1. The van der Waals surface area contributed by atoms with Crippen LogP contribution in [-0.2, 0) is 20.6 Å². The van der Waals surface area contributed by atoms with Crippen LogP contribution >= 0.6 is 0 Å². The molecule has 3 aliphatic carbocycles. The average molecular weight is 748 g/mol. The highest BCUT2D eigenvalue weighted by Gasteiger charge is 2.85. The van der Waals surface area contributed by atoms with E-state index >= 15 is 0 Å². The molecular weight excluding hydrogens is 697 g/mol. The highest BCUT2D eigenvalue weighted by molar-refractivity contribution is 5.68. The van der Waals surface area contributed by atoms with Crippen molar-refractivity contribution in [3.63, 3.8) is 0 Å². The summed E-state index contributed by atoms with van der Waals surface area (Å²) in [6, 6.07) is 6.13. The second-order valence-electron chi connectivity index (χ2n) is 15.3. The van der Waals surface area contributed by atoms with Gasteiger partial charge in [0, 0.05) is 13.2 Å². The van der Waals surface area contributed by atoms with Crippen LogP contribution in [0, 0.1) is 17.3 Å². The first kappa shape index (κ1) is 41.3. The Balaban J connectivity index is 1.32. The van der Waals surface area contributed by atoms with Gasteiger partial charge in [0.25, 0.3) is 0 Å². The number of carbonyl (C=O) groups is 1. The van der Waals surface area contributed by atoms with Gasteiger partial charge in [-0.3, -0.25) is 0 Å². The number of rotatable bonds is 13. The number of hydrogen-bond donors (Lipinski definition) is 0. The normalized spacial score (nSPS) is 25.5. The lowest BCUT2D eigenvalue weighted by Gasteiger charge is -2.50. The van der Waals surface area contributed by atoms with Crippen molar-refractivity contribution in [1.29, 1.82) is 0 Å². The molecule has 3 aliphatic rings. The summed E-state index contributed by atoms with van der Waals surface area (Å²) in [5.41, 5.74) is -4.67. The lowest BCUT2D eigenvalue weighted by Crippen LogP contribution is -2.67. The van der Waals surface area contributed by atoms with Crippen LogP contribution in [0.2, 0.25) is 0 Å². The molecule has 0 radical (unpaired) electrons. The van der Waals surface area contributed by atoms with Crippen molar-refractivity contribution in [3.05, 3.63) is 29.3 Å². The first-order valence-electron chi connectivity index (χ1n) is 17.7. The van der Waals surface area contributed by atoms with Crippen LogP contribution in [0.1, 0.15) is 103 Å². The van der Waals surface area contributed by atoms with E-state index in [4.69, 9.17) is 14.2 Å². The first-order chi connectivity index (χ1) is 23.6. The summed E-state index contributed by atoms with van der Waals surface area (Å²) in [5, 5.41) is 0. The summed E-state index contributed by atoms with van der Waals surface area (Å²) in [5.74, 6) is 1.66. The molecule has 2 fully saturated rings. The molecule has 0 bridgehead atoms. The van der Waals surface area contributed by atoms with Crippen molar-refractivity contribution in [2.75, 3.05) is 32.9 Å². The lowest BCUT2D eigenvalue weighted by atomic mass is 9.55. The van der Waals surface area contributed by atoms with E-state index in [0.717, 1.165) is 50.7 Å². The molecule has 51 heavy (non-hydrogen) atoms. The fourth-order valence-corrected chi connectivity index (χ4v) is 8.36. The van der Waals surface area contributed by atoms with E-state index in [-0.39, 0.29) is 30.1 Å². The third-order valence-corrected chi connectivity index (χ3v) is 10.8. The number of unbranched alkanes of at least 4 members (excludes halogenated alkanes) is 1. The van der Waals surface area contributed by atoms with Gasteiger partial charge in [0.2, 0.25) is 0 Å². The van der Waals surface area contributed by atoms with Crippen molar-refractivity contribution >= 4 is 6.09 Å². The van der Waals surface area contributed by atoms with Gasteiger partial charge in [-0.05, 0) is 119 Å². The maximum absolute atomic E-state index is 13.2. The maximum Gasteiger partial charge on any atom is 0.435 e. The van der Waals surface area contributed by atoms with Crippen LogP contribution < -0.4 is 4.74 Å². The Morgan fingerprint density at radius 2 is 1.53 bits per heavy atom. The van der Waals surface area contributed by atoms with Gasteiger partial charge in [-0.25, -0.2) is 4.79 Å². The Bertz CT molecular complexity index is 1290. The van der Waals surface area contributed by atoms with E-state index < -0.39 is 42.8 Å². The number of ether oxygens (including phenoxy) is 4. The van der Waals surface area contributed by atoms with Gasteiger partial charge in [-0.2, -0.15) is 39.5 Å². The van der Waals surface area contributed by atoms with Gasteiger partial charge in [0.15, 0.2) is 0 Å². The van der Waals surface area contributed by atoms with E-state index in [2.05, 4.69) is 30.7 Å². The molecule has 4 rings (SSSR count). The first-order valence-corrected chi connectivity index (χ1v) is 17.7. The molecule has 0 heterocycles. The predicted molar refractivity (Wildman–Crippen MR) is 170 cm³/mol. The SMILES string of the molecule is CCCCN(CCOc1ccc2c(c1)CC[C@@H]1[C@@H]2CC[C@]2(C)[C@@H](OCCCOC(C(F)(F)F)(C(F)(F)F)C(F)(F)F)CC[C@@H]12)C(=O)OC(C)(C)C. The Kier molecular flexibility index (Phi) is 12.6. The van der Waals surface area contributed by atoms with Crippen LogP contribution in [0.4, 0.5) is 44.3 Å². The number of carbonyl (C=O) groups excluding carboxylic acids is 1. The average Bonchev–Trinajstić information content (AvgIpc) is 3.33. The Labute approximate surface area is 293 Å². The van der Waals surface area contributed by atoms with Gasteiger partial charge in [0.05, 0.1) is 19.3 Å². The van der Waals surface area contributed by atoms with Gasteiger partial charge in [0.1, 0.15) is 18.0 Å². The number of amides is 1. The topological polar surface area (TPSA) is 57.2 Å². The highest BCUT2D eigenvalue weighted by Crippen LogP contribution is 2.62. The summed E-state index contributed by atoms with van der Waals surface area (Å²) in [7, 11) is 0. The van der Waals surface area contributed by atoms with Gasteiger partial charge in [-0.1, -0.05) is 26.3 Å². The minimum Gasteiger partial charge on any atom is -0.492 e. The summed E-state index contributed by atoms with van der Waals surface area (Å²) in [6.07, 6.45) is -14.8. The van der Waals surface area contributed by atoms with E-state index in [9.17, 15) is 44.3 Å². The molecule has 1 aromatic carbocycles. The Hall–Kier alpha value is -2.42. The largest absolute Gasteiger partial charge is 0.492 e. The molecular formula is C36H50F9NO5. The van der Waals surface area contributed by atoms with E-state index in [1.807, 2.05) is 26.8 Å². The zero-order chi connectivity index (χ0) is 38.0. The number of halogens is 9. The fourth-order valence-electron chi connectivity index (χ4n) is 8.36. The molecule has 0 N–H and O–H groups in total. The quantitative estimate of drug-likeness (QED) is 0.149. The molecule has 2 saturated carbocycles. The number of hydrogen-bond acceptors (Lipinski definition) is 5. The van der Waals surface area contributed by atoms with Gasteiger partial charge < -0.3 is 23.8 Å². The van der Waals surface area contributed by atoms with Crippen molar-refractivity contribution in [1.82, 2.24) is 4.90 Å². The molecule has 15 heteroatoms. The molecule has 5 atom stereocenters. The molecule has 1 amide bonds. The highest BCUT2D eigenvalue weighted by atomic mass is 19.4. The number of alkyl halides is 9. The molecule has 0 aromatic heterocycles. The van der Waals surface area contributed by atoms with Crippen LogP contribution in [0.3, 0.4) is 0 Å². The smallest absolute Gasteiger partial charge is 0.435 e. The Morgan fingerprint density at radius 3 is 2.14 bits per heavy atom. The van der Waals surface area contributed by atoms with Crippen LogP contribution in [0.5, 0.6) is 5.75 Å². The zero-order valence-electron chi connectivity index (χ0n) is 29.8. The molecule has 0 unspecified atom stereocenters. The maximum atomic E-state index is 13.2. The van der Waals surface area contributed by atoms with Crippen LogP contribution in [0.15, 0.2) is 18.2 Å². The monoisotopic (exact) mass is 747 g/mol. The second-order valence-corrected chi connectivity index (χ2v) is 15.3. The molecule has 1 aromatic rings. The summed E-state index contributed by atoms with van der Waals surface area (Å²) < 4.78 is 140. The summed E-state index contributed by atoms with van der Waals surface area (Å²) >= 11 is 0. The summed E-state index contributed by atoms with van der Waals surface area (Å²) in [4.78, 5) is 14.4. The second kappa shape index (κ2) is 15.5. The van der Waals surface area contributed by atoms with Gasteiger partial charge >= 0.3 is 30.2 Å². The van der Waals surface area contributed by atoms with E-state index in [1.54, 1.807) is 4.90 Å². The fraction of sp³-hybridized carbons (Fsp3) is 0.806. The third kappa shape index (κ3) is 8.87. The number of nitrogens with zero attached hydrogens (tertiary/aromatic N) is 1. The molecule has 292 valence electrons. The van der Waals surface area contributed by atoms with Crippen molar-refractivity contribution in [2.24, 2.45) is 17.3 Å². The zero-order valence-corrected chi connectivity index (χ0v) is 29.8. The summed E-state index contributed by atoms with van der Waals surface area (Å²) in [6.45, 7) is 9.16. The lowest BCUT2D eigenvalue weighted by molar-refractivity contribution is -0.457. The number of benzene rings is 1. The third-order valence-electron chi connectivity index (χ3n) is 10.8. The van der Waals surface area contributed by atoms with Crippen LogP contribution in [0.25, 0.3) is 0 Å². The molecule has 6 nitrogen and oxygen atoms in total. The van der Waals surface area contributed by atoms with E-state index in [1.165, 1.54) is 11.1 Å². The molecule has 0 saturated heterocycles. The number of aryl methyl sites for hydroxylation is 1. The Morgan fingerprint density at radius 1 is 0.863 bits per heavy atom. The minimum atomic E-state index is -6.75. The van der Waals surface area contributed by atoms with Crippen molar-refractivity contribution in [3.8, 4) is 5.75 Å². The number of fused-ring (bicyclic) bond motifs is 5. The predicted octanol–water partition coefficient (Wildman–Crippen LogP) is 10.2. The van der Waals surface area contributed by atoms with Crippen LogP contribution in [-0.4, -0.2) is 79.7 Å². The van der Waals surface area contributed by atoms with E-state index in [0.29, 0.717) is 38.0 Å². The minimum absolute atomic E-state index is 0.275.